The highest BCUT2D eigenvalue weighted by atomic mass is 79.9. The minimum atomic E-state index is -0.175. The first-order valence-electron chi connectivity index (χ1n) is 6.37. The molecule has 0 aliphatic carbocycles. The van der Waals surface area contributed by atoms with Crippen molar-refractivity contribution < 1.29 is 4.39 Å². The van der Waals surface area contributed by atoms with Crippen molar-refractivity contribution in [2.24, 2.45) is 0 Å². The first kappa shape index (κ1) is 14.3. The van der Waals surface area contributed by atoms with Crippen molar-refractivity contribution in [2.45, 2.75) is 33.0 Å². The molecule has 2 aromatic rings. The normalized spacial score (nSPS) is 11.2. The lowest BCUT2D eigenvalue weighted by Gasteiger charge is -2.12. The number of halogens is 2. The fourth-order valence-corrected chi connectivity index (χ4v) is 2.24. The fourth-order valence-electron chi connectivity index (χ4n) is 1.91. The average Bonchev–Trinajstić information content (AvgIpc) is 2.77. The molecule has 4 heteroatoms. The maximum atomic E-state index is 13.8. The molecule has 0 fully saturated rings. The Morgan fingerprint density at radius 3 is 2.79 bits per heavy atom. The summed E-state index contributed by atoms with van der Waals surface area (Å²) in [6, 6.07) is 9.69. The van der Waals surface area contributed by atoms with E-state index in [0.717, 1.165) is 16.7 Å². The highest BCUT2D eigenvalue weighted by Crippen LogP contribution is 2.17. The van der Waals surface area contributed by atoms with Gasteiger partial charge in [0.2, 0.25) is 0 Å². The second kappa shape index (κ2) is 6.35. The first-order chi connectivity index (χ1) is 9.06. The summed E-state index contributed by atoms with van der Waals surface area (Å²) in [5.41, 5.74) is 1.86. The van der Waals surface area contributed by atoms with E-state index >= 15 is 0 Å². The van der Waals surface area contributed by atoms with Crippen LogP contribution in [0.2, 0.25) is 0 Å². The van der Waals surface area contributed by atoms with Crippen molar-refractivity contribution >= 4 is 15.9 Å². The van der Waals surface area contributed by atoms with E-state index in [1.54, 1.807) is 0 Å². The van der Waals surface area contributed by atoms with Crippen molar-refractivity contribution in [3.05, 3.63) is 58.1 Å². The fraction of sp³-hybridized carbons (Fsp3) is 0.333. The van der Waals surface area contributed by atoms with E-state index in [-0.39, 0.29) is 5.82 Å². The predicted octanol–water partition coefficient (Wildman–Crippen LogP) is 3.94. The Morgan fingerprint density at radius 2 is 2.11 bits per heavy atom. The Kier molecular flexibility index (Phi) is 4.77. The Morgan fingerprint density at radius 1 is 1.32 bits per heavy atom. The quantitative estimate of drug-likeness (QED) is 0.881. The minimum absolute atomic E-state index is 0.175. The van der Waals surface area contributed by atoms with Gasteiger partial charge in [0.05, 0.1) is 6.54 Å². The van der Waals surface area contributed by atoms with Crippen molar-refractivity contribution in [3.63, 3.8) is 0 Å². The Hall–Kier alpha value is -1.13. The molecule has 0 aliphatic heterocycles. The molecular weight excluding hydrogens is 307 g/mol. The zero-order chi connectivity index (χ0) is 13.8. The minimum Gasteiger partial charge on any atom is -0.346 e. The average molecular weight is 325 g/mol. The summed E-state index contributed by atoms with van der Waals surface area (Å²) >= 11 is 3.27. The van der Waals surface area contributed by atoms with Crippen LogP contribution < -0.4 is 5.32 Å². The summed E-state index contributed by atoms with van der Waals surface area (Å²) in [5, 5.41) is 3.38. The lowest BCUT2D eigenvalue weighted by Crippen LogP contribution is -2.23. The number of nitrogens with one attached hydrogen (secondary N) is 1. The van der Waals surface area contributed by atoms with Crippen LogP contribution in [0.3, 0.4) is 0 Å². The van der Waals surface area contributed by atoms with E-state index in [1.165, 1.54) is 6.07 Å². The molecule has 1 aromatic heterocycles. The van der Waals surface area contributed by atoms with Gasteiger partial charge in [-0.15, -0.1) is 0 Å². The zero-order valence-corrected chi connectivity index (χ0v) is 12.7. The molecule has 19 heavy (non-hydrogen) atoms. The van der Waals surface area contributed by atoms with Gasteiger partial charge in [0.1, 0.15) is 5.82 Å². The number of hydrogen-bond acceptors (Lipinski definition) is 1. The molecule has 2 rings (SSSR count). The summed E-state index contributed by atoms with van der Waals surface area (Å²) in [6.07, 6.45) is 1.98. The van der Waals surface area contributed by atoms with Crippen LogP contribution in [-0.2, 0) is 13.1 Å². The third-order valence-corrected chi connectivity index (χ3v) is 3.46. The standard InChI is InChI=1S/C15H18BrFN2/c1-11(2)18-9-14-4-3-7-19(14)10-12-5-6-13(16)8-15(12)17/h3-8,11,18H,9-10H2,1-2H3. The number of rotatable bonds is 5. The summed E-state index contributed by atoms with van der Waals surface area (Å²) in [5.74, 6) is -0.175. The Bertz CT molecular complexity index is 549. The maximum Gasteiger partial charge on any atom is 0.129 e. The molecule has 2 nitrogen and oxygen atoms in total. The molecule has 0 unspecified atom stereocenters. The topological polar surface area (TPSA) is 17.0 Å². The van der Waals surface area contributed by atoms with E-state index in [1.807, 2.05) is 24.4 Å². The predicted molar refractivity (Wildman–Crippen MR) is 79.6 cm³/mol. The van der Waals surface area contributed by atoms with Gasteiger partial charge in [-0.05, 0) is 24.3 Å². The van der Waals surface area contributed by atoms with Gasteiger partial charge in [0.15, 0.2) is 0 Å². The van der Waals surface area contributed by atoms with Gasteiger partial charge in [-0.1, -0.05) is 35.8 Å². The van der Waals surface area contributed by atoms with Crippen LogP contribution in [0.5, 0.6) is 0 Å². The third kappa shape index (κ3) is 3.91. The lowest BCUT2D eigenvalue weighted by molar-refractivity contribution is 0.556. The molecule has 0 spiro atoms. The highest BCUT2D eigenvalue weighted by Gasteiger charge is 2.06. The van der Waals surface area contributed by atoms with E-state index < -0.39 is 0 Å². The number of aromatic nitrogens is 1. The molecular formula is C15H18BrFN2. The third-order valence-electron chi connectivity index (χ3n) is 2.97. The molecule has 0 amide bonds. The van der Waals surface area contributed by atoms with Gasteiger partial charge < -0.3 is 9.88 Å². The van der Waals surface area contributed by atoms with Crippen LogP contribution in [0.15, 0.2) is 41.0 Å². The lowest BCUT2D eigenvalue weighted by atomic mass is 10.2. The van der Waals surface area contributed by atoms with Gasteiger partial charge >= 0.3 is 0 Å². The van der Waals surface area contributed by atoms with Gasteiger partial charge in [-0.3, -0.25) is 0 Å². The first-order valence-corrected chi connectivity index (χ1v) is 7.17. The number of nitrogens with zero attached hydrogens (tertiary/aromatic N) is 1. The molecule has 0 bridgehead atoms. The molecule has 0 atom stereocenters. The summed E-state index contributed by atoms with van der Waals surface area (Å²) in [7, 11) is 0. The molecule has 102 valence electrons. The monoisotopic (exact) mass is 324 g/mol. The second-order valence-electron chi connectivity index (χ2n) is 4.90. The molecule has 1 heterocycles. The van der Waals surface area contributed by atoms with Crippen molar-refractivity contribution in [1.82, 2.24) is 9.88 Å². The van der Waals surface area contributed by atoms with Crippen LogP contribution in [0, 0.1) is 5.82 Å². The van der Waals surface area contributed by atoms with Crippen LogP contribution in [0.25, 0.3) is 0 Å². The van der Waals surface area contributed by atoms with E-state index in [9.17, 15) is 4.39 Å². The Balaban J connectivity index is 2.12. The van der Waals surface area contributed by atoms with Gasteiger partial charge in [-0.25, -0.2) is 4.39 Å². The maximum absolute atomic E-state index is 13.8. The van der Waals surface area contributed by atoms with Crippen molar-refractivity contribution in [2.75, 3.05) is 0 Å². The van der Waals surface area contributed by atoms with Crippen LogP contribution in [0.1, 0.15) is 25.1 Å². The largest absolute Gasteiger partial charge is 0.346 e. The Labute approximate surface area is 121 Å². The summed E-state index contributed by atoms with van der Waals surface area (Å²) in [6.45, 7) is 5.58. The summed E-state index contributed by atoms with van der Waals surface area (Å²) < 4.78 is 16.7. The van der Waals surface area contributed by atoms with E-state index in [0.29, 0.717) is 18.2 Å². The number of hydrogen-bond donors (Lipinski definition) is 1. The van der Waals surface area contributed by atoms with Gasteiger partial charge in [-0.2, -0.15) is 0 Å². The van der Waals surface area contributed by atoms with Crippen LogP contribution >= 0.6 is 15.9 Å². The molecule has 0 radical (unpaired) electrons. The van der Waals surface area contributed by atoms with Crippen molar-refractivity contribution in [3.8, 4) is 0 Å². The van der Waals surface area contributed by atoms with Gasteiger partial charge in [0, 0.05) is 34.5 Å². The van der Waals surface area contributed by atoms with Crippen LogP contribution in [-0.4, -0.2) is 10.6 Å². The molecule has 1 aromatic carbocycles. The zero-order valence-electron chi connectivity index (χ0n) is 11.2. The van der Waals surface area contributed by atoms with Crippen molar-refractivity contribution in [1.29, 1.82) is 0 Å². The smallest absolute Gasteiger partial charge is 0.129 e. The second-order valence-corrected chi connectivity index (χ2v) is 5.81. The highest BCUT2D eigenvalue weighted by molar-refractivity contribution is 9.10. The van der Waals surface area contributed by atoms with Gasteiger partial charge in [0.25, 0.3) is 0 Å². The molecule has 0 saturated heterocycles. The summed E-state index contributed by atoms with van der Waals surface area (Å²) in [4.78, 5) is 0. The number of benzene rings is 1. The molecule has 1 N–H and O–H groups in total. The van der Waals surface area contributed by atoms with E-state index in [4.69, 9.17) is 0 Å². The molecule has 0 saturated carbocycles. The van der Waals surface area contributed by atoms with Crippen LogP contribution in [0.4, 0.5) is 4.39 Å². The SMILES string of the molecule is CC(C)NCc1cccn1Cc1ccc(Br)cc1F. The molecule has 0 aliphatic rings. The van der Waals surface area contributed by atoms with E-state index in [2.05, 4.69) is 45.7 Å².